The molecule has 0 fully saturated rings. The van der Waals surface area contributed by atoms with E-state index in [2.05, 4.69) is 16.0 Å². The van der Waals surface area contributed by atoms with Crippen molar-refractivity contribution in [2.45, 2.75) is 33.2 Å². The molecular weight excluding hydrogens is 254 g/mol. The highest BCUT2D eigenvalue weighted by Crippen LogP contribution is 2.08. The molecule has 5 heteroatoms. The zero-order chi connectivity index (χ0) is 15.2. The van der Waals surface area contributed by atoms with E-state index < -0.39 is 0 Å². The van der Waals surface area contributed by atoms with Gasteiger partial charge in [0.25, 0.3) is 0 Å². The van der Waals surface area contributed by atoms with Crippen molar-refractivity contribution in [1.29, 1.82) is 0 Å². The van der Waals surface area contributed by atoms with Gasteiger partial charge in [-0.3, -0.25) is 14.9 Å². The van der Waals surface area contributed by atoms with Crippen molar-refractivity contribution < 1.29 is 9.59 Å². The molecule has 2 amide bonds. The van der Waals surface area contributed by atoms with Crippen molar-refractivity contribution in [3.63, 3.8) is 0 Å². The van der Waals surface area contributed by atoms with Crippen molar-refractivity contribution in [3.05, 3.63) is 29.8 Å². The van der Waals surface area contributed by atoms with Crippen LogP contribution in [0.4, 0.5) is 5.69 Å². The number of anilines is 1. The van der Waals surface area contributed by atoms with Gasteiger partial charge in [-0.1, -0.05) is 12.1 Å². The van der Waals surface area contributed by atoms with Crippen LogP contribution in [-0.4, -0.2) is 30.4 Å². The summed E-state index contributed by atoms with van der Waals surface area (Å²) in [5.74, 6) is -0.292. The summed E-state index contributed by atoms with van der Waals surface area (Å²) < 4.78 is 0. The molecule has 3 N–H and O–H groups in total. The molecule has 0 spiro atoms. The summed E-state index contributed by atoms with van der Waals surface area (Å²) in [6.45, 7) is 7.93. The Balaban J connectivity index is 2.29. The molecule has 0 aromatic heterocycles. The summed E-state index contributed by atoms with van der Waals surface area (Å²) >= 11 is 0. The fourth-order valence-electron chi connectivity index (χ4n) is 1.68. The van der Waals surface area contributed by atoms with Crippen LogP contribution < -0.4 is 16.0 Å². The fourth-order valence-corrected chi connectivity index (χ4v) is 1.68. The number of nitrogens with one attached hydrogen (secondary N) is 3. The quantitative estimate of drug-likeness (QED) is 0.762. The van der Waals surface area contributed by atoms with E-state index in [1.54, 1.807) is 0 Å². The zero-order valence-corrected chi connectivity index (χ0v) is 12.5. The van der Waals surface area contributed by atoms with E-state index in [1.165, 1.54) is 0 Å². The Morgan fingerprint density at radius 2 is 1.75 bits per heavy atom. The van der Waals surface area contributed by atoms with Crippen LogP contribution in [0, 0.1) is 6.92 Å². The number of rotatable bonds is 5. The third-order valence-corrected chi connectivity index (χ3v) is 2.39. The Bertz CT molecular complexity index is 478. The average molecular weight is 277 g/mol. The van der Waals surface area contributed by atoms with Crippen LogP contribution in [0.5, 0.6) is 0 Å². The van der Waals surface area contributed by atoms with Gasteiger partial charge in [-0.15, -0.1) is 0 Å². The van der Waals surface area contributed by atoms with E-state index in [0.717, 1.165) is 11.3 Å². The van der Waals surface area contributed by atoms with Gasteiger partial charge in [-0.2, -0.15) is 0 Å². The van der Waals surface area contributed by atoms with Crippen LogP contribution in [0.15, 0.2) is 24.3 Å². The molecule has 110 valence electrons. The summed E-state index contributed by atoms with van der Waals surface area (Å²) in [7, 11) is 0. The summed E-state index contributed by atoms with van der Waals surface area (Å²) in [4.78, 5) is 23.2. The topological polar surface area (TPSA) is 70.2 Å². The van der Waals surface area contributed by atoms with Gasteiger partial charge in [0.1, 0.15) is 0 Å². The molecule has 0 bridgehead atoms. The minimum Gasteiger partial charge on any atom is -0.350 e. The summed E-state index contributed by atoms with van der Waals surface area (Å²) in [6.07, 6.45) is 0. The predicted octanol–water partition coefficient (Wildman–Crippen LogP) is 1.44. The molecule has 0 aliphatic heterocycles. The SMILES string of the molecule is Cc1cccc(NC(=O)CNCC(=O)NC(C)(C)C)c1. The average Bonchev–Trinajstić information content (AvgIpc) is 2.26. The van der Waals surface area contributed by atoms with Crippen molar-refractivity contribution in [2.75, 3.05) is 18.4 Å². The Kier molecular flexibility index (Phi) is 5.70. The molecule has 0 heterocycles. The molecule has 0 aliphatic rings. The van der Waals surface area contributed by atoms with E-state index in [9.17, 15) is 9.59 Å². The predicted molar refractivity (Wildman–Crippen MR) is 80.6 cm³/mol. The highest BCUT2D eigenvalue weighted by atomic mass is 16.2. The standard InChI is InChI=1S/C15H23N3O2/c1-11-6-5-7-12(8-11)17-13(19)9-16-10-14(20)18-15(2,3)4/h5-8,16H,9-10H2,1-4H3,(H,17,19)(H,18,20). The lowest BCUT2D eigenvalue weighted by Gasteiger charge is -2.20. The molecular formula is C15H23N3O2. The molecule has 0 saturated heterocycles. The minimum absolute atomic E-state index is 0.103. The van der Waals surface area contributed by atoms with E-state index in [1.807, 2.05) is 52.0 Å². The smallest absolute Gasteiger partial charge is 0.238 e. The molecule has 0 aliphatic carbocycles. The van der Waals surface area contributed by atoms with Gasteiger partial charge in [0.2, 0.25) is 11.8 Å². The zero-order valence-electron chi connectivity index (χ0n) is 12.5. The van der Waals surface area contributed by atoms with Crippen molar-refractivity contribution >= 4 is 17.5 Å². The number of hydrogen-bond donors (Lipinski definition) is 3. The maximum Gasteiger partial charge on any atom is 0.238 e. The second-order valence-corrected chi connectivity index (χ2v) is 5.82. The Labute approximate surface area is 120 Å². The van der Waals surface area contributed by atoms with Gasteiger partial charge in [-0.25, -0.2) is 0 Å². The molecule has 0 unspecified atom stereocenters. The Morgan fingerprint density at radius 3 is 2.35 bits per heavy atom. The van der Waals surface area contributed by atoms with Crippen LogP contribution >= 0.6 is 0 Å². The van der Waals surface area contributed by atoms with Crippen LogP contribution in [0.2, 0.25) is 0 Å². The van der Waals surface area contributed by atoms with Gasteiger partial charge in [0.05, 0.1) is 13.1 Å². The molecule has 20 heavy (non-hydrogen) atoms. The number of carbonyl (C=O) groups is 2. The molecule has 1 rings (SSSR count). The number of hydrogen-bond acceptors (Lipinski definition) is 3. The van der Waals surface area contributed by atoms with Crippen LogP contribution in [0.3, 0.4) is 0 Å². The van der Waals surface area contributed by atoms with Gasteiger partial charge in [0, 0.05) is 11.2 Å². The lowest BCUT2D eigenvalue weighted by atomic mass is 10.1. The molecule has 0 atom stereocenters. The second kappa shape index (κ2) is 7.05. The number of benzene rings is 1. The summed E-state index contributed by atoms with van der Waals surface area (Å²) in [5.41, 5.74) is 1.58. The first kappa shape index (κ1) is 16.2. The normalized spacial score (nSPS) is 11.0. The summed E-state index contributed by atoms with van der Waals surface area (Å²) in [6, 6.07) is 7.57. The van der Waals surface area contributed by atoms with Crippen LogP contribution in [0.1, 0.15) is 26.3 Å². The highest BCUT2D eigenvalue weighted by molar-refractivity contribution is 5.92. The van der Waals surface area contributed by atoms with Gasteiger partial charge in [-0.05, 0) is 45.4 Å². The van der Waals surface area contributed by atoms with E-state index >= 15 is 0 Å². The lowest BCUT2D eigenvalue weighted by molar-refractivity contribution is -0.121. The fraction of sp³-hybridized carbons (Fsp3) is 0.467. The maximum atomic E-state index is 11.7. The van der Waals surface area contributed by atoms with E-state index in [0.29, 0.717) is 0 Å². The molecule has 1 aromatic rings. The van der Waals surface area contributed by atoms with E-state index in [4.69, 9.17) is 0 Å². The largest absolute Gasteiger partial charge is 0.350 e. The highest BCUT2D eigenvalue weighted by Gasteiger charge is 2.13. The van der Waals surface area contributed by atoms with E-state index in [-0.39, 0.29) is 30.4 Å². The molecule has 1 aromatic carbocycles. The minimum atomic E-state index is -0.261. The van der Waals surface area contributed by atoms with Gasteiger partial charge in [0.15, 0.2) is 0 Å². The van der Waals surface area contributed by atoms with Gasteiger partial charge < -0.3 is 10.6 Å². The van der Waals surface area contributed by atoms with Crippen LogP contribution in [0.25, 0.3) is 0 Å². The molecule has 0 radical (unpaired) electrons. The Morgan fingerprint density at radius 1 is 1.10 bits per heavy atom. The van der Waals surface area contributed by atoms with Crippen molar-refractivity contribution in [3.8, 4) is 0 Å². The first-order valence-corrected chi connectivity index (χ1v) is 6.64. The lowest BCUT2D eigenvalue weighted by Crippen LogP contribution is -2.45. The summed E-state index contributed by atoms with van der Waals surface area (Å²) in [5, 5.41) is 8.41. The number of amides is 2. The molecule has 5 nitrogen and oxygen atoms in total. The van der Waals surface area contributed by atoms with Crippen molar-refractivity contribution in [2.24, 2.45) is 0 Å². The molecule has 0 saturated carbocycles. The van der Waals surface area contributed by atoms with Gasteiger partial charge >= 0.3 is 0 Å². The number of aryl methyl sites for hydroxylation is 1. The second-order valence-electron chi connectivity index (χ2n) is 5.82. The van der Waals surface area contributed by atoms with Crippen molar-refractivity contribution in [1.82, 2.24) is 10.6 Å². The number of carbonyl (C=O) groups excluding carboxylic acids is 2. The maximum absolute atomic E-state index is 11.7. The third-order valence-electron chi connectivity index (χ3n) is 2.39. The third kappa shape index (κ3) is 6.89. The Hall–Kier alpha value is -1.88. The van der Waals surface area contributed by atoms with Crippen LogP contribution in [-0.2, 0) is 9.59 Å². The first-order chi connectivity index (χ1) is 9.26. The first-order valence-electron chi connectivity index (χ1n) is 6.64. The monoisotopic (exact) mass is 277 g/mol.